The van der Waals surface area contributed by atoms with Crippen molar-refractivity contribution in [1.29, 1.82) is 0 Å². The molecule has 0 bridgehead atoms. The van der Waals surface area contributed by atoms with Crippen molar-refractivity contribution in [3.63, 3.8) is 0 Å². The smallest absolute Gasteiger partial charge is 0.173 e. The Morgan fingerprint density at radius 2 is 2.56 bits per heavy atom. The Hall–Kier alpha value is -0.920. The van der Waals surface area contributed by atoms with Crippen molar-refractivity contribution in [2.45, 2.75) is 12.8 Å². The van der Waals surface area contributed by atoms with E-state index >= 15 is 0 Å². The van der Waals surface area contributed by atoms with E-state index in [1.54, 1.807) is 6.07 Å². The molecule has 0 saturated carbocycles. The average molecular weight is 123 g/mol. The minimum absolute atomic E-state index is 0.820. The molecule has 0 atom stereocenters. The van der Waals surface area contributed by atoms with Gasteiger partial charge in [0, 0.05) is 12.5 Å². The fourth-order valence-electron chi connectivity index (χ4n) is 0.996. The summed E-state index contributed by atoms with van der Waals surface area (Å²) in [4.78, 5) is 0. The lowest BCUT2D eigenvalue weighted by molar-refractivity contribution is 0.271. The van der Waals surface area contributed by atoms with Gasteiger partial charge in [-0.25, -0.2) is 0 Å². The largest absolute Gasteiger partial charge is 0.490 e. The molecule has 2 rings (SSSR count). The van der Waals surface area contributed by atoms with Gasteiger partial charge in [0.25, 0.3) is 0 Å². The third kappa shape index (κ3) is 0.707. The summed E-state index contributed by atoms with van der Waals surface area (Å²) in [5, 5.41) is 0. The monoisotopic (exact) mass is 123 g/mol. The number of hydrogen-bond donors (Lipinski definition) is 0. The average Bonchev–Trinajstić information content (AvgIpc) is 2.33. The van der Waals surface area contributed by atoms with Crippen molar-refractivity contribution >= 4 is 0 Å². The maximum absolute atomic E-state index is 5.24. The van der Waals surface area contributed by atoms with E-state index < -0.39 is 0 Å². The molecule has 2 heteroatoms. The van der Waals surface area contributed by atoms with Crippen LogP contribution in [-0.2, 0) is 6.42 Å². The highest BCUT2D eigenvalue weighted by Gasteiger charge is 2.11. The molecular formula is C7H7O2. The van der Waals surface area contributed by atoms with E-state index in [4.69, 9.17) is 9.15 Å². The van der Waals surface area contributed by atoms with Crippen LogP contribution >= 0.6 is 0 Å². The zero-order valence-corrected chi connectivity index (χ0v) is 5.02. The highest BCUT2D eigenvalue weighted by Crippen LogP contribution is 2.24. The van der Waals surface area contributed by atoms with E-state index in [9.17, 15) is 0 Å². The van der Waals surface area contributed by atoms with Crippen LogP contribution in [0.5, 0.6) is 5.75 Å². The fourth-order valence-corrected chi connectivity index (χ4v) is 0.996. The molecule has 1 aromatic heterocycles. The fraction of sp³-hybridized carbons (Fsp3) is 0.429. The van der Waals surface area contributed by atoms with Gasteiger partial charge in [-0.3, -0.25) is 0 Å². The van der Waals surface area contributed by atoms with Gasteiger partial charge >= 0.3 is 0 Å². The molecule has 2 heterocycles. The molecule has 0 spiro atoms. The summed E-state index contributed by atoms with van der Waals surface area (Å²) in [5.74, 6) is 1.82. The first-order valence-electron chi connectivity index (χ1n) is 3.08. The number of fused-ring (bicyclic) bond motifs is 1. The van der Waals surface area contributed by atoms with Gasteiger partial charge in [0.05, 0.1) is 6.61 Å². The highest BCUT2D eigenvalue weighted by molar-refractivity contribution is 5.25. The Kier molecular flexibility index (Phi) is 0.979. The molecule has 0 aromatic carbocycles. The molecule has 9 heavy (non-hydrogen) atoms. The summed E-state index contributed by atoms with van der Waals surface area (Å²) in [6.07, 6.45) is 4.70. The second-order valence-corrected chi connectivity index (χ2v) is 2.10. The van der Waals surface area contributed by atoms with Gasteiger partial charge in [0.1, 0.15) is 5.76 Å². The highest BCUT2D eigenvalue weighted by atomic mass is 16.5. The zero-order valence-electron chi connectivity index (χ0n) is 5.02. The van der Waals surface area contributed by atoms with Gasteiger partial charge in [-0.2, -0.15) is 0 Å². The molecule has 1 aliphatic heterocycles. The Morgan fingerprint density at radius 3 is 3.44 bits per heavy atom. The van der Waals surface area contributed by atoms with Crippen molar-refractivity contribution in [3.8, 4) is 5.75 Å². The Balaban J connectivity index is 2.39. The molecule has 0 fully saturated rings. The molecule has 0 unspecified atom stereocenters. The predicted molar refractivity (Wildman–Crippen MR) is 31.4 cm³/mol. The minimum atomic E-state index is 0.820. The van der Waals surface area contributed by atoms with E-state index in [0.29, 0.717) is 0 Å². The SMILES string of the molecule is [c]1cc2c(o1)CCCO2. The van der Waals surface area contributed by atoms with E-state index in [0.717, 1.165) is 31.0 Å². The molecular weight excluding hydrogens is 116 g/mol. The van der Waals surface area contributed by atoms with Crippen molar-refractivity contribution in [1.82, 2.24) is 0 Å². The molecule has 1 aliphatic rings. The first-order valence-corrected chi connectivity index (χ1v) is 3.08. The Morgan fingerprint density at radius 1 is 1.56 bits per heavy atom. The summed E-state index contributed by atoms with van der Waals surface area (Å²) in [6.45, 7) is 0.820. The lowest BCUT2D eigenvalue weighted by Crippen LogP contribution is -2.05. The topological polar surface area (TPSA) is 22.4 Å². The lowest BCUT2D eigenvalue weighted by atomic mass is 10.2. The van der Waals surface area contributed by atoms with E-state index in [-0.39, 0.29) is 0 Å². The predicted octanol–water partition coefficient (Wildman–Crippen LogP) is 1.40. The van der Waals surface area contributed by atoms with Gasteiger partial charge < -0.3 is 9.15 Å². The third-order valence-corrected chi connectivity index (χ3v) is 1.45. The van der Waals surface area contributed by atoms with Gasteiger partial charge in [-0.1, -0.05) is 0 Å². The Bertz CT molecular complexity index is 182. The number of rotatable bonds is 0. The van der Waals surface area contributed by atoms with Crippen LogP contribution < -0.4 is 4.74 Å². The van der Waals surface area contributed by atoms with E-state index in [1.165, 1.54) is 0 Å². The van der Waals surface area contributed by atoms with E-state index in [1.807, 2.05) is 0 Å². The molecule has 0 amide bonds. The van der Waals surface area contributed by atoms with Gasteiger partial charge in [-0.15, -0.1) is 0 Å². The molecule has 2 nitrogen and oxygen atoms in total. The van der Waals surface area contributed by atoms with Crippen molar-refractivity contribution in [3.05, 3.63) is 18.1 Å². The summed E-state index contributed by atoms with van der Waals surface area (Å²) in [7, 11) is 0. The van der Waals surface area contributed by atoms with Crippen molar-refractivity contribution in [2.75, 3.05) is 6.61 Å². The van der Waals surface area contributed by atoms with Crippen LogP contribution in [0.1, 0.15) is 12.2 Å². The number of ether oxygens (including phenoxy) is 1. The maximum Gasteiger partial charge on any atom is 0.173 e. The molecule has 0 N–H and O–H groups in total. The van der Waals surface area contributed by atoms with Crippen LogP contribution in [0.3, 0.4) is 0 Å². The summed E-state index contributed by atoms with van der Waals surface area (Å²) >= 11 is 0. The van der Waals surface area contributed by atoms with Crippen molar-refractivity contribution < 1.29 is 9.15 Å². The van der Waals surface area contributed by atoms with E-state index in [2.05, 4.69) is 6.26 Å². The molecule has 0 aliphatic carbocycles. The molecule has 1 radical (unpaired) electrons. The Labute approximate surface area is 53.4 Å². The minimum Gasteiger partial charge on any atom is -0.490 e. The van der Waals surface area contributed by atoms with Crippen LogP contribution in [0.2, 0.25) is 0 Å². The first-order chi connectivity index (χ1) is 4.47. The van der Waals surface area contributed by atoms with Crippen LogP contribution in [0.15, 0.2) is 10.5 Å². The first kappa shape index (κ1) is 4.91. The second kappa shape index (κ2) is 1.79. The molecule has 47 valence electrons. The van der Waals surface area contributed by atoms with Crippen molar-refractivity contribution in [2.24, 2.45) is 0 Å². The summed E-state index contributed by atoms with van der Waals surface area (Å²) < 4.78 is 10.2. The molecule has 1 aromatic rings. The zero-order chi connectivity index (χ0) is 6.10. The van der Waals surface area contributed by atoms with Crippen LogP contribution in [0.25, 0.3) is 0 Å². The third-order valence-electron chi connectivity index (χ3n) is 1.45. The molecule has 0 saturated heterocycles. The van der Waals surface area contributed by atoms with Gasteiger partial charge in [0.15, 0.2) is 12.0 Å². The number of hydrogen-bond acceptors (Lipinski definition) is 2. The van der Waals surface area contributed by atoms with Gasteiger partial charge in [0.2, 0.25) is 0 Å². The number of furan rings is 1. The standard InChI is InChI=1S/C7H7O2/c1-2-6-7(8-4-1)3-5-9-6/h3H,1-2,4H2. The summed E-state index contributed by atoms with van der Waals surface area (Å²) in [5.41, 5.74) is 0. The second-order valence-electron chi connectivity index (χ2n) is 2.10. The van der Waals surface area contributed by atoms with Crippen LogP contribution in [-0.4, -0.2) is 6.61 Å². The van der Waals surface area contributed by atoms with Crippen LogP contribution in [0.4, 0.5) is 0 Å². The maximum atomic E-state index is 5.24. The van der Waals surface area contributed by atoms with Gasteiger partial charge in [-0.05, 0) is 6.42 Å². The lowest BCUT2D eigenvalue weighted by Gasteiger charge is -2.09. The quantitative estimate of drug-likeness (QED) is 0.520. The summed E-state index contributed by atoms with van der Waals surface area (Å²) in [6, 6.07) is 1.74. The van der Waals surface area contributed by atoms with Crippen LogP contribution in [0, 0.1) is 6.26 Å². The normalized spacial score (nSPS) is 16.4. The number of aryl methyl sites for hydroxylation is 1.